The van der Waals surface area contributed by atoms with Crippen molar-refractivity contribution >= 4 is 11.7 Å². The first-order chi connectivity index (χ1) is 13.8. The van der Waals surface area contributed by atoms with Crippen LogP contribution in [0.4, 0.5) is 5.82 Å². The molecule has 0 saturated carbocycles. The van der Waals surface area contributed by atoms with E-state index in [-0.39, 0.29) is 5.91 Å². The van der Waals surface area contributed by atoms with E-state index < -0.39 is 0 Å². The molecule has 0 atom stereocenters. The third kappa shape index (κ3) is 3.55. The number of nitriles is 1. The van der Waals surface area contributed by atoms with Gasteiger partial charge in [0.1, 0.15) is 24.0 Å². The van der Waals surface area contributed by atoms with Crippen LogP contribution < -0.4 is 4.90 Å². The number of aromatic nitrogens is 4. The highest BCUT2D eigenvalue weighted by molar-refractivity contribution is 5.94. The van der Waals surface area contributed by atoms with Crippen molar-refractivity contribution in [3.8, 4) is 11.9 Å². The molecule has 0 radical (unpaired) electrons. The molecule has 0 aliphatic carbocycles. The molecule has 1 saturated heterocycles. The number of imidazole rings is 1. The number of nitrogens with zero attached hydrogens (tertiary/aromatic N) is 7. The SMILES string of the molecule is N#Cc1cccnc1N1CCCN(C(=O)c2ccnc(-n3ccnc3)c2)CC1. The van der Waals surface area contributed by atoms with Gasteiger partial charge in [-0.1, -0.05) is 0 Å². The van der Waals surface area contributed by atoms with Crippen LogP contribution in [-0.4, -0.2) is 56.5 Å². The van der Waals surface area contributed by atoms with Gasteiger partial charge in [0, 0.05) is 56.5 Å². The number of amides is 1. The number of carbonyl (C=O) groups is 1. The van der Waals surface area contributed by atoms with E-state index in [0.29, 0.717) is 42.4 Å². The van der Waals surface area contributed by atoms with Gasteiger partial charge in [-0.25, -0.2) is 15.0 Å². The van der Waals surface area contributed by atoms with Gasteiger partial charge in [-0.15, -0.1) is 0 Å². The summed E-state index contributed by atoms with van der Waals surface area (Å²) in [5.74, 6) is 1.32. The molecular weight excluding hydrogens is 354 g/mol. The molecule has 0 unspecified atom stereocenters. The summed E-state index contributed by atoms with van der Waals surface area (Å²) in [6.07, 6.45) is 9.26. The second-order valence-electron chi connectivity index (χ2n) is 6.49. The zero-order valence-corrected chi connectivity index (χ0v) is 15.3. The minimum absolute atomic E-state index is 0.0212. The molecule has 0 spiro atoms. The molecule has 1 aliphatic rings. The van der Waals surface area contributed by atoms with Crippen molar-refractivity contribution < 1.29 is 4.79 Å². The topological polar surface area (TPSA) is 90.9 Å². The highest BCUT2D eigenvalue weighted by Gasteiger charge is 2.22. The van der Waals surface area contributed by atoms with E-state index in [2.05, 4.69) is 25.9 Å². The molecule has 140 valence electrons. The lowest BCUT2D eigenvalue weighted by atomic mass is 10.2. The number of hydrogen-bond donors (Lipinski definition) is 0. The van der Waals surface area contributed by atoms with Crippen molar-refractivity contribution in [3.05, 3.63) is 66.5 Å². The number of pyridine rings is 2. The molecule has 0 aromatic carbocycles. The maximum Gasteiger partial charge on any atom is 0.254 e. The van der Waals surface area contributed by atoms with Crippen LogP contribution in [0, 0.1) is 11.3 Å². The Morgan fingerprint density at radius 1 is 1.07 bits per heavy atom. The highest BCUT2D eigenvalue weighted by atomic mass is 16.2. The Morgan fingerprint density at radius 3 is 2.82 bits per heavy atom. The molecule has 0 bridgehead atoms. The molecule has 4 heterocycles. The predicted molar refractivity (Wildman–Crippen MR) is 103 cm³/mol. The second kappa shape index (κ2) is 7.88. The van der Waals surface area contributed by atoms with E-state index in [1.54, 1.807) is 59.9 Å². The lowest BCUT2D eigenvalue weighted by Gasteiger charge is -2.23. The molecule has 4 rings (SSSR count). The first kappa shape index (κ1) is 17.7. The summed E-state index contributed by atoms with van der Waals surface area (Å²) in [4.78, 5) is 29.6. The average Bonchev–Trinajstić information content (AvgIpc) is 3.18. The third-order valence-corrected chi connectivity index (χ3v) is 4.75. The Bertz CT molecular complexity index is 1010. The smallest absolute Gasteiger partial charge is 0.254 e. The van der Waals surface area contributed by atoms with Crippen molar-refractivity contribution in [2.75, 3.05) is 31.1 Å². The number of hydrogen-bond acceptors (Lipinski definition) is 6. The molecule has 8 heteroatoms. The van der Waals surface area contributed by atoms with Crippen molar-refractivity contribution in [2.24, 2.45) is 0 Å². The minimum Gasteiger partial charge on any atom is -0.354 e. The number of carbonyl (C=O) groups excluding carboxylic acids is 1. The van der Waals surface area contributed by atoms with Crippen LogP contribution in [0.25, 0.3) is 5.82 Å². The zero-order valence-electron chi connectivity index (χ0n) is 15.3. The van der Waals surface area contributed by atoms with Gasteiger partial charge in [-0.2, -0.15) is 5.26 Å². The van der Waals surface area contributed by atoms with Gasteiger partial charge < -0.3 is 9.80 Å². The Kier molecular flexibility index (Phi) is 4.97. The number of rotatable bonds is 3. The van der Waals surface area contributed by atoms with Crippen LogP contribution >= 0.6 is 0 Å². The molecule has 8 nitrogen and oxygen atoms in total. The molecule has 1 amide bonds. The Labute approximate surface area is 162 Å². The summed E-state index contributed by atoms with van der Waals surface area (Å²) in [6, 6.07) is 9.23. The summed E-state index contributed by atoms with van der Waals surface area (Å²) in [5.41, 5.74) is 1.16. The van der Waals surface area contributed by atoms with Gasteiger partial charge >= 0.3 is 0 Å². The summed E-state index contributed by atoms with van der Waals surface area (Å²) in [7, 11) is 0. The summed E-state index contributed by atoms with van der Waals surface area (Å²) in [5, 5.41) is 9.32. The van der Waals surface area contributed by atoms with E-state index in [4.69, 9.17) is 0 Å². The van der Waals surface area contributed by atoms with Crippen LogP contribution in [0.1, 0.15) is 22.3 Å². The largest absolute Gasteiger partial charge is 0.354 e. The standard InChI is InChI=1S/C20H19N7O/c21-14-17-3-1-5-24-19(17)25-8-2-9-26(12-11-25)20(28)16-4-6-23-18(13-16)27-10-7-22-15-27/h1,3-7,10,13,15H,2,8-9,11-12H2. The van der Waals surface area contributed by atoms with E-state index in [1.807, 2.05) is 4.90 Å². The van der Waals surface area contributed by atoms with Crippen molar-refractivity contribution in [3.63, 3.8) is 0 Å². The monoisotopic (exact) mass is 373 g/mol. The van der Waals surface area contributed by atoms with E-state index in [0.717, 1.165) is 13.0 Å². The van der Waals surface area contributed by atoms with Gasteiger partial charge in [-0.3, -0.25) is 9.36 Å². The van der Waals surface area contributed by atoms with E-state index in [1.165, 1.54) is 0 Å². The van der Waals surface area contributed by atoms with Crippen LogP contribution in [-0.2, 0) is 0 Å². The van der Waals surface area contributed by atoms with Gasteiger partial charge in [0.15, 0.2) is 0 Å². The fourth-order valence-corrected chi connectivity index (χ4v) is 3.34. The van der Waals surface area contributed by atoms with Crippen molar-refractivity contribution in [1.82, 2.24) is 24.4 Å². The van der Waals surface area contributed by atoms with Gasteiger partial charge in [0.25, 0.3) is 5.91 Å². The highest BCUT2D eigenvalue weighted by Crippen LogP contribution is 2.19. The average molecular weight is 373 g/mol. The van der Waals surface area contributed by atoms with Crippen LogP contribution in [0.3, 0.4) is 0 Å². The molecule has 0 N–H and O–H groups in total. The fourth-order valence-electron chi connectivity index (χ4n) is 3.34. The number of anilines is 1. The Morgan fingerprint density at radius 2 is 2.00 bits per heavy atom. The maximum atomic E-state index is 13.0. The predicted octanol–water partition coefficient (Wildman–Crippen LogP) is 1.89. The normalized spacial score (nSPS) is 14.4. The van der Waals surface area contributed by atoms with Gasteiger partial charge in [-0.05, 0) is 30.7 Å². The second-order valence-corrected chi connectivity index (χ2v) is 6.49. The zero-order chi connectivity index (χ0) is 19.3. The third-order valence-electron chi connectivity index (χ3n) is 4.75. The molecule has 3 aromatic rings. The summed E-state index contributed by atoms with van der Waals surface area (Å²) < 4.78 is 1.77. The van der Waals surface area contributed by atoms with Crippen molar-refractivity contribution in [2.45, 2.75) is 6.42 Å². The van der Waals surface area contributed by atoms with Crippen molar-refractivity contribution in [1.29, 1.82) is 5.26 Å². The van der Waals surface area contributed by atoms with Crippen LogP contribution in [0.5, 0.6) is 0 Å². The Hall–Kier alpha value is -3.73. The maximum absolute atomic E-state index is 13.0. The lowest BCUT2D eigenvalue weighted by Crippen LogP contribution is -2.35. The van der Waals surface area contributed by atoms with E-state index >= 15 is 0 Å². The molecule has 3 aromatic heterocycles. The first-order valence-electron chi connectivity index (χ1n) is 9.10. The lowest BCUT2D eigenvalue weighted by molar-refractivity contribution is 0.0767. The molecule has 1 fully saturated rings. The van der Waals surface area contributed by atoms with E-state index in [9.17, 15) is 10.1 Å². The van der Waals surface area contributed by atoms with Gasteiger partial charge in [0.05, 0.1) is 5.56 Å². The van der Waals surface area contributed by atoms with Gasteiger partial charge in [0.2, 0.25) is 0 Å². The minimum atomic E-state index is -0.0212. The fraction of sp³-hybridized carbons (Fsp3) is 0.250. The van der Waals surface area contributed by atoms with Crippen LogP contribution in [0.15, 0.2) is 55.4 Å². The Balaban J connectivity index is 1.50. The molecular formula is C20H19N7O. The molecule has 1 aliphatic heterocycles. The first-order valence-corrected chi connectivity index (χ1v) is 9.10. The summed E-state index contributed by atoms with van der Waals surface area (Å²) in [6.45, 7) is 2.62. The summed E-state index contributed by atoms with van der Waals surface area (Å²) >= 11 is 0. The quantitative estimate of drug-likeness (QED) is 0.696. The van der Waals surface area contributed by atoms with Crippen LogP contribution in [0.2, 0.25) is 0 Å². The molecule has 28 heavy (non-hydrogen) atoms.